The van der Waals surface area contributed by atoms with Gasteiger partial charge >= 0.3 is 0 Å². The van der Waals surface area contributed by atoms with Crippen molar-refractivity contribution in [2.45, 2.75) is 32.2 Å². The topological polar surface area (TPSA) is 9.23 Å². The molecule has 0 radical (unpaired) electrons. The van der Waals surface area contributed by atoms with Gasteiger partial charge in [-0.3, -0.25) is 0 Å². The molecule has 0 amide bonds. The van der Waals surface area contributed by atoms with Gasteiger partial charge in [0.1, 0.15) is 5.75 Å². The number of hydrogen-bond acceptors (Lipinski definition) is 1. The molecule has 0 N–H and O–H groups in total. The van der Waals surface area contributed by atoms with E-state index in [1.165, 1.54) is 16.7 Å². The Kier molecular flexibility index (Phi) is 7.86. The summed E-state index contributed by atoms with van der Waals surface area (Å²) >= 11 is 11.0. The lowest BCUT2D eigenvalue weighted by Crippen LogP contribution is -2.09. The summed E-state index contributed by atoms with van der Waals surface area (Å²) < 4.78 is 4.69. The van der Waals surface area contributed by atoms with Crippen LogP contribution in [0, 0.1) is 0 Å². The van der Waals surface area contributed by atoms with Crippen LogP contribution in [0.2, 0.25) is 6.04 Å². The minimum Gasteiger partial charge on any atom is -0.493 e. The second kappa shape index (κ2) is 9.40. The van der Waals surface area contributed by atoms with Gasteiger partial charge in [0.25, 0.3) is 3.93 Å². The van der Waals surface area contributed by atoms with Crippen molar-refractivity contribution in [3.63, 3.8) is 0 Å². The van der Waals surface area contributed by atoms with Crippen molar-refractivity contribution in [2.75, 3.05) is 6.61 Å². The van der Waals surface area contributed by atoms with Crippen LogP contribution < -0.4 is 4.74 Å². The number of para-hydroxylation sites is 1. The fourth-order valence-electron chi connectivity index (χ4n) is 2.51. The van der Waals surface area contributed by atoms with Gasteiger partial charge < -0.3 is 4.74 Å². The van der Waals surface area contributed by atoms with Crippen LogP contribution in [0.4, 0.5) is 0 Å². The third kappa shape index (κ3) is 6.37. The highest BCUT2D eigenvalue weighted by Gasteiger charge is 2.21. The standard InChI is InChI=1S/C18H21Br3OSi/c1-2-8-16-11-6-12-17(15-9-4-3-5-10-15)18(16)22-13-7-14-23(19,20)21/h3-6,9-12H,2,7-8,13-14H2,1H3. The van der Waals surface area contributed by atoms with Gasteiger partial charge in [-0.25, -0.2) is 0 Å². The molecule has 2 aromatic carbocycles. The smallest absolute Gasteiger partial charge is 0.267 e. The quantitative estimate of drug-likeness (QED) is 0.203. The number of aryl methyl sites for hydroxylation is 1. The minimum atomic E-state index is -1.54. The molecule has 0 aliphatic rings. The summed E-state index contributed by atoms with van der Waals surface area (Å²) in [6, 6.07) is 18.0. The van der Waals surface area contributed by atoms with Gasteiger partial charge in [-0.05, 0) is 30.0 Å². The van der Waals surface area contributed by atoms with Gasteiger partial charge in [0, 0.05) is 5.56 Å². The van der Waals surface area contributed by atoms with E-state index in [0.717, 1.165) is 37.7 Å². The lowest BCUT2D eigenvalue weighted by atomic mass is 9.99. The average Bonchev–Trinajstić information content (AvgIpc) is 2.52. The third-order valence-electron chi connectivity index (χ3n) is 3.55. The van der Waals surface area contributed by atoms with Crippen molar-refractivity contribution in [2.24, 2.45) is 0 Å². The zero-order chi connectivity index (χ0) is 16.7. The van der Waals surface area contributed by atoms with Crippen molar-refractivity contribution in [3.05, 3.63) is 54.1 Å². The molecule has 0 aliphatic heterocycles. The molecule has 0 heterocycles. The van der Waals surface area contributed by atoms with Crippen LogP contribution in [0.25, 0.3) is 11.1 Å². The van der Waals surface area contributed by atoms with Gasteiger partial charge in [-0.15, -0.1) is 0 Å². The Hall–Kier alpha value is -0.103. The molecule has 2 aromatic rings. The molecule has 1 nitrogen and oxygen atoms in total. The second-order valence-corrected chi connectivity index (χ2v) is 29.0. The first-order valence-corrected chi connectivity index (χ1v) is 16.9. The SMILES string of the molecule is CCCc1cccc(-c2ccccc2)c1OCCC[Si](Br)(Br)Br. The van der Waals surface area contributed by atoms with Crippen LogP contribution in [-0.2, 0) is 6.42 Å². The summed E-state index contributed by atoms with van der Waals surface area (Å²) in [5.41, 5.74) is 3.70. The van der Waals surface area contributed by atoms with Gasteiger partial charge in [0.05, 0.1) is 6.61 Å². The Morgan fingerprint density at radius 1 is 0.957 bits per heavy atom. The summed E-state index contributed by atoms with van der Waals surface area (Å²) in [4.78, 5) is 0. The molecular weight excluding hydrogens is 500 g/mol. The molecule has 124 valence electrons. The predicted octanol–water partition coefficient (Wildman–Crippen LogP) is 7.20. The highest BCUT2D eigenvalue weighted by atomic mass is 80.0. The van der Waals surface area contributed by atoms with E-state index in [2.05, 4.69) is 95.3 Å². The van der Waals surface area contributed by atoms with Crippen LogP contribution in [-0.4, -0.2) is 10.5 Å². The van der Waals surface area contributed by atoms with Crippen LogP contribution >= 0.6 is 45.9 Å². The molecule has 0 bridgehead atoms. The molecular formula is C18H21Br3OSi. The first-order chi connectivity index (χ1) is 11.0. The van der Waals surface area contributed by atoms with Crippen LogP contribution in [0.5, 0.6) is 5.75 Å². The summed E-state index contributed by atoms with van der Waals surface area (Å²) in [6.45, 7) is 2.94. The number of benzene rings is 2. The number of ether oxygens (including phenoxy) is 1. The van der Waals surface area contributed by atoms with E-state index in [-0.39, 0.29) is 0 Å². The fraction of sp³-hybridized carbons (Fsp3) is 0.333. The highest BCUT2D eigenvalue weighted by Crippen LogP contribution is 2.35. The molecule has 0 aliphatic carbocycles. The molecule has 0 atom stereocenters. The van der Waals surface area contributed by atoms with Crippen LogP contribution in [0.15, 0.2) is 48.5 Å². The van der Waals surface area contributed by atoms with Crippen molar-refractivity contribution >= 4 is 49.8 Å². The maximum absolute atomic E-state index is 6.23. The zero-order valence-electron chi connectivity index (χ0n) is 13.2. The average molecular weight is 521 g/mol. The van der Waals surface area contributed by atoms with E-state index >= 15 is 0 Å². The molecule has 0 saturated heterocycles. The third-order valence-corrected chi connectivity index (χ3v) is 8.04. The Balaban J connectivity index is 2.20. The lowest BCUT2D eigenvalue weighted by Gasteiger charge is -2.17. The van der Waals surface area contributed by atoms with E-state index in [1.807, 2.05) is 6.07 Å². The normalized spacial score (nSPS) is 11.5. The zero-order valence-corrected chi connectivity index (χ0v) is 19.0. The van der Waals surface area contributed by atoms with Crippen molar-refractivity contribution in [1.82, 2.24) is 0 Å². The van der Waals surface area contributed by atoms with E-state index in [4.69, 9.17) is 4.74 Å². The highest BCUT2D eigenvalue weighted by molar-refractivity contribution is 9.72. The minimum absolute atomic E-state index is 0.734. The Morgan fingerprint density at radius 3 is 2.35 bits per heavy atom. The Bertz CT molecular complexity index is 611. The predicted molar refractivity (Wildman–Crippen MR) is 113 cm³/mol. The molecule has 0 unspecified atom stereocenters. The Morgan fingerprint density at radius 2 is 1.70 bits per heavy atom. The van der Waals surface area contributed by atoms with Gasteiger partial charge in [0.15, 0.2) is 0 Å². The summed E-state index contributed by atoms with van der Waals surface area (Å²) in [5.74, 6) is 1.05. The van der Waals surface area contributed by atoms with Crippen LogP contribution in [0.3, 0.4) is 0 Å². The molecule has 0 aromatic heterocycles. The number of hydrogen-bond donors (Lipinski definition) is 0. The molecule has 2 rings (SSSR count). The molecule has 5 heteroatoms. The molecule has 23 heavy (non-hydrogen) atoms. The maximum atomic E-state index is 6.23. The number of halogens is 3. The van der Waals surface area contributed by atoms with Gasteiger partial charge in [-0.1, -0.05) is 108 Å². The maximum Gasteiger partial charge on any atom is 0.267 e. The summed E-state index contributed by atoms with van der Waals surface area (Å²) in [6.07, 6.45) is 3.18. The first-order valence-electron chi connectivity index (χ1n) is 7.88. The number of rotatable bonds is 8. The van der Waals surface area contributed by atoms with Gasteiger partial charge in [-0.2, -0.15) is 0 Å². The summed E-state index contributed by atoms with van der Waals surface area (Å²) in [5, 5.41) is 0. The van der Waals surface area contributed by atoms with Crippen molar-refractivity contribution in [1.29, 1.82) is 0 Å². The largest absolute Gasteiger partial charge is 0.493 e. The van der Waals surface area contributed by atoms with Crippen LogP contribution in [0.1, 0.15) is 25.3 Å². The van der Waals surface area contributed by atoms with E-state index in [0.29, 0.717) is 0 Å². The molecule has 0 saturated carbocycles. The molecule has 0 fully saturated rings. The van der Waals surface area contributed by atoms with Crippen molar-refractivity contribution in [3.8, 4) is 16.9 Å². The van der Waals surface area contributed by atoms with Gasteiger partial charge in [0.2, 0.25) is 0 Å². The first kappa shape index (κ1) is 19.2. The summed E-state index contributed by atoms with van der Waals surface area (Å²) in [7, 11) is 0. The second-order valence-electron chi connectivity index (χ2n) is 5.48. The van der Waals surface area contributed by atoms with Crippen molar-refractivity contribution < 1.29 is 4.74 Å². The monoisotopic (exact) mass is 518 g/mol. The molecule has 0 spiro atoms. The van der Waals surface area contributed by atoms with E-state index < -0.39 is 3.93 Å². The fourth-order valence-corrected chi connectivity index (χ4v) is 5.58. The Labute approximate surface area is 163 Å². The van der Waals surface area contributed by atoms with E-state index in [1.54, 1.807) is 0 Å². The van der Waals surface area contributed by atoms with E-state index in [9.17, 15) is 0 Å². The lowest BCUT2D eigenvalue weighted by molar-refractivity contribution is 0.315.